The van der Waals surface area contributed by atoms with Crippen LogP contribution in [0.4, 0.5) is 0 Å². The maximum absolute atomic E-state index is 10.1. The molecule has 0 aromatic carbocycles. The minimum atomic E-state index is -0.0861. The molecule has 5 rings (SSSR count). The molecule has 7 atom stereocenters. The zero-order valence-electron chi connectivity index (χ0n) is 14.9. The van der Waals surface area contributed by atoms with Crippen LogP contribution in [0.25, 0.3) is 0 Å². The second kappa shape index (κ2) is 4.31. The molecule has 3 unspecified atom stereocenters. The lowest BCUT2D eigenvalue weighted by molar-refractivity contribution is -0.0422. The van der Waals surface area contributed by atoms with Crippen LogP contribution in [0.5, 0.6) is 0 Å². The van der Waals surface area contributed by atoms with Crippen molar-refractivity contribution in [3.05, 3.63) is 11.6 Å². The third kappa shape index (κ3) is 1.62. The molecule has 3 fully saturated rings. The van der Waals surface area contributed by atoms with Crippen LogP contribution >= 0.6 is 0 Å². The Hall–Kier alpha value is -0.630. The maximum atomic E-state index is 10.1. The molecule has 126 valence electrons. The van der Waals surface area contributed by atoms with Gasteiger partial charge >= 0.3 is 0 Å². The minimum absolute atomic E-state index is 0.0861. The molecule has 2 nitrogen and oxygen atoms in total. The van der Waals surface area contributed by atoms with Crippen LogP contribution < -0.4 is 0 Å². The van der Waals surface area contributed by atoms with Gasteiger partial charge in [-0.25, -0.2) is 0 Å². The number of fused-ring (bicyclic) bond motifs is 6. The average Bonchev–Trinajstić information content (AvgIpc) is 3.08. The van der Waals surface area contributed by atoms with E-state index in [-0.39, 0.29) is 11.6 Å². The van der Waals surface area contributed by atoms with Crippen LogP contribution in [-0.4, -0.2) is 22.5 Å². The lowest BCUT2D eigenvalue weighted by atomic mass is 9.47. The Kier molecular flexibility index (Phi) is 2.75. The number of hydrogen-bond acceptors (Lipinski definition) is 2. The fourth-order valence-electron chi connectivity index (χ4n) is 7.69. The molecule has 0 saturated heterocycles. The van der Waals surface area contributed by atoms with Crippen molar-refractivity contribution in [2.24, 2.45) is 33.6 Å². The van der Waals surface area contributed by atoms with Gasteiger partial charge in [-0.05, 0) is 81.5 Å². The first-order valence-corrected chi connectivity index (χ1v) is 9.85. The van der Waals surface area contributed by atoms with Gasteiger partial charge in [0.15, 0.2) is 0 Å². The molecule has 2 heteroatoms. The zero-order chi connectivity index (χ0) is 16.0. The van der Waals surface area contributed by atoms with E-state index < -0.39 is 0 Å². The highest BCUT2D eigenvalue weighted by Crippen LogP contribution is 2.70. The molecule has 0 bridgehead atoms. The van der Waals surface area contributed by atoms with Gasteiger partial charge in [0.2, 0.25) is 0 Å². The van der Waals surface area contributed by atoms with Crippen LogP contribution in [0, 0.1) is 28.6 Å². The van der Waals surface area contributed by atoms with Crippen molar-refractivity contribution in [3.8, 4) is 0 Å². The molecule has 0 aromatic rings. The Labute approximate surface area is 140 Å². The largest absolute Gasteiger partial charge is 0.393 e. The Morgan fingerprint density at radius 1 is 1.09 bits per heavy atom. The van der Waals surface area contributed by atoms with Gasteiger partial charge in [-0.2, -0.15) is 0 Å². The van der Waals surface area contributed by atoms with E-state index in [9.17, 15) is 5.11 Å². The first-order chi connectivity index (χ1) is 10.9. The van der Waals surface area contributed by atoms with Crippen molar-refractivity contribution < 1.29 is 5.11 Å². The lowest BCUT2D eigenvalue weighted by Gasteiger charge is -2.58. The zero-order valence-corrected chi connectivity index (χ0v) is 14.9. The summed E-state index contributed by atoms with van der Waals surface area (Å²) in [5, 5.41) is 10.1. The summed E-state index contributed by atoms with van der Waals surface area (Å²) in [6.45, 7) is 7.35. The standard InChI is InChI=1S/C21H31NO/c1-13-21(22-13)11-8-18-16-5-4-14-12-15(23)6-9-19(14,2)17(16)7-10-20(18,21)3/h4,15-18,23H,5-12H2,1-3H3/t15-,16?,17?,18?,19-,20-,21+/m0/s1. The molecule has 23 heavy (non-hydrogen) atoms. The third-order valence-electron chi connectivity index (χ3n) is 9.14. The van der Waals surface area contributed by atoms with E-state index in [1.165, 1.54) is 44.2 Å². The number of aliphatic hydroxyl groups is 1. The monoisotopic (exact) mass is 313 g/mol. The Morgan fingerprint density at radius 3 is 2.57 bits per heavy atom. The van der Waals surface area contributed by atoms with E-state index in [0.29, 0.717) is 10.8 Å². The van der Waals surface area contributed by atoms with Crippen molar-refractivity contribution >= 4 is 5.71 Å². The van der Waals surface area contributed by atoms with E-state index in [1.54, 1.807) is 5.57 Å². The van der Waals surface area contributed by atoms with Gasteiger partial charge in [0, 0.05) is 11.1 Å². The molecular weight excluding hydrogens is 282 g/mol. The summed E-state index contributed by atoms with van der Waals surface area (Å²) in [6.07, 6.45) is 12.3. The SMILES string of the molecule is CC1=N[C@]12CCC1C3CC=C4C[C@@H](O)CC[C@]4(C)C3CC[C@@]12C. The van der Waals surface area contributed by atoms with Crippen LogP contribution in [-0.2, 0) is 0 Å². The summed E-state index contributed by atoms with van der Waals surface area (Å²) in [5.41, 5.74) is 4.12. The fraction of sp³-hybridized carbons (Fsp3) is 0.857. The molecule has 0 aromatic heterocycles. The lowest BCUT2D eigenvalue weighted by Crippen LogP contribution is -2.52. The van der Waals surface area contributed by atoms with Crippen molar-refractivity contribution in [1.29, 1.82) is 0 Å². The summed E-state index contributed by atoms with van der Waals surface area (Å²) in [4.78, 5) is 4.96. The first-order valence-electron chi connectivity index (χ1n) is 9.85. The highest BCUT2D eigenvalue weighted by Gasteiger charge is 2.68. The van der Waals surface area contributed by atoms with Crippen LogP contribution in [0.3, 0.4) is 0 Å². The van der Waals surface area contributed by atoms with Crippen molar-refractivity contribution in [2.75, 3.05) is 0 Å². The minimum Gasteiger partial charge on any atom is -0.393 e. The highest BCUT2D eigenvalue weighted by atomic mass is 16.3. The van der Waals surface area contributed by atoms with Crippen LogP contribution in [0.2, 0.25) is 0 Å². The molecule has 0 radical (unpaired) electrons. The summed E-state index contributed by atoms with van der Waals surface area (Å²) in [7, 11) is 0. The quantitative estimate of drug-likeness (QED) is 0.655. The van der Waals surface area contributed by atoms with Crippen molar-refractivity contribution in [3.63, 3.8) is 0 Å². The Morgan fingerprint density at radius 2 is 1.83 bits per heavy atom. The Balaban J connectivity index is 1.50. The summed E-state index contributed by atoms with van der Waals surface area (Å²) >= 11 is 0. The van der Waals surface area contributed by atoms with Crippen molar-refractivity contribution in [1.82, 2.24) is 0 Å². The fourth-order valence-corrected chi connectivity index (χ4v) is 7.69. The molecular formula is C21H31NO. The van der Waals surface area contributed by atoms with Crippen LogP contribution in [0.15, 0.2) is 16.6 Å². The number of allylic oxidation sites excluding steroid dienone is 1. The normalized spacial score (nSPS) is 57.2. The molecule has 1 aliphatic heterocycles. The van der Waals surface area contributed by atoms with Gasteiger partial charge < -0.3 is 5.11 Å². The summed E-state index contributed by atoms with van der Waals surface area (Å²) < 4.78 is 0. The summed E-state index contributed by atoms with van der Waals surface area (Å²) in [6, 6.07) is 0. The van der Waals surface area contributed by atoms with E-state index in [1.807, 2.05) is 0 Å². The van der Waals surface area contributed by atoms with Gasteiger partial charge in [-0.15, -0.1) is 0 Å². The van der Waals surface area contributed by atoms with E-state index in [4.69, 9.17) is 4.99 Å². The van der Waals surface area contributed by atoms with Gasteiger partial charge in [-0.1, -0.05) is 25.5 Å². The molecule has 3 saturated carbocycles. The highest BCUT2D eigenvalue weighted by molar-refractivity contribution is 6.04. The van der Waals surface area contributed by atoms with Gasteiger partial charge in [0.1, 0.15) is 5.54 Å². The first kappa shape index (κ1) is 14.7. The molecule has 1 N–H and O–H groups in total. The van der Waals surface area contributed by atoms with Gasteiger partial charge in [0.05, 0.1) is 6.10 Å². The average molecular weight is 313 g/mol. The Bertz CT molecular complexity index is 621. The summed E-state index contributed by atoms with van der Waals surface area (Å²) in [5.74, 6) is 2.58. The molecule has 0 amide bonds. The molecule has 5 aliphatic rings. The second-order valence-corrected chi connectivity index (χ2v) is 9.71. The van der Waals surface area contributed by atoms with E-state index in [2.05, 4.69) is 26.8 Å². The number of aliphatic imine (C=N–C) groups is 1. The van der Waals surface area contributed by atoms with Gasteiger partial charge in [-0.3, -0.25) is 4.99 Å². The predicted molar refractivity (Wildman–Crippen MR) is 93.5 cm³/mol. The predicted octanol–water partition coefficient (Wildman–Crippen LogP) is 4.52. The van der Waals surface area contributed by atoms with E-state index in [0.717, 1.165) is 30.6 Å². The number of aliphatic hydroxyl groups excluding tert-OH is 1. The smallest absolute Gasteiger partial charge is 0.104 e. The molecule has 1 spiro atoms. The number of nitrogens with zero attached hydrogens (tertiary/aromatic N) is 1. The molecule has 1 heterocycles. The second-order valence-electron chi connectivity index (χ2n) is 9.71. The topological polar surface area (TPSA) is 32.6 Å². The van der Waals surface area contributed by atoms with E-state index >= 15 is 0 Å². The maximum Gasteiger partial charge on any atom is 0.104 e. The molecule has 4 aliphatic carbocycles. The van der Waals surface area contributed by atoms with Crippen molar-refractivity contribution in [2.45, 2.75) is 83.8 Å². The number of rotatable bonds is 0. The number of hydrogen-bond donors (Lipinski definition) is 1. The third-order valence-corrected chi connectivity index (χ3v) is 9.14. The van der Waals surface area contributed by atoms with Crippen LogP contribution in [0.1, 0.15) is 72.1 Å². The van der Waals surface area contributed by atoms with Gasteiger partial charge in [0.25, 0.3) is 0 Å².